The Hall–Kier alpha value is -2.73. The topological polar surface area (TPSA) is 85.8 Å². The highest BCUT2D eigenvalue weighted by atomic mass is 16.1. The summed E-state index contributed by atoms with van der Waals surface area (Å²) in [6.45, 7) is 0.373. The van der Waals surface area contributed by atoms with Crippen molar-refractivity contribution in [2.24, 2.45) is 5.84 Å². The minimum atomic E-state index is -0.0634. The molecule has 6 heteroatoms. The van der Waals surface area contributed by atoms with Crippen molar-refractivity contribution in [1.29, 1.82) is 0 Å². The van der Waals surface area contributed by atoms with Crippen LogP contribution in [-0.4, -0.2) is 14.5 Å². The van der Waals surface area contributed by atoms with E-state index in [0.717, 1.165) is 10.9 Å². The number of anilines is 1. The van der Waals surface area contributed by atoms with Crippen molar-refractivity contribution in [2.45, 2.75) is 6.54 Å². The largest absolute Gasteiger partial charge is 0.307 e. The number of hydrogen-bond donors (Lipinski definition) is 2. The average molecular weight is 267 g/mol. The Kier molecular flexibility index (Phi) is 3.14. The molecule has 0 aliphatic carbocycles. The number of aromatic nitrogens is 3. The van der Waals surface area contributed by atoms with Gasteiger partial charge in [0, 0.05) is 6.07 Å². The van der Waals surface area contributed by atoms with Gasteiger partial charge in [-0.05, 0) is 17.5 Å². The number of para-hydroxylation sites is 1. The lowest BCUT2D eigenvalue weighted by atomic mass is 10.2. The maximum Gasteiger partial charge on any atom is 0.251 e. The normalized spacial score (nSPS) is 10.7. The van der Waals surface area contributed by atoms with Crippen LogP contribution in [0.1, 0.15) is 5.69 Å². The van der Waals surface area contributed by atoms with Crippen LogP contribution in [0.3, 0.4) is 0 Å². The molecule has 0 atom stereocenters. The third kappa shape index (κ3) is 2.24. The molecule has 0 aliphatic rings. The molecule has 0 bridgehead atoms. The highest BCUT2D eigenvalue weighted by Crippen LogP contribution is 2.12. The summed E-state index contributed by atoms with van der Waals surface area (Å²) < 4.78 is 1.68. The van der Waals surface area contributed by atoms with E-state index in [1.807, 2.05) is 30.3 Å². The van der Waals surface area contributed by atoms with Crippen LogP contribution < -0.4 is 16.8 Å². The lowest BCUT2D eigenvalue weighted by molar-refractivity contribution is 0.766. The first kappa shape index (κ1) is 12.3. The van der Waals surface area contributed by atoms with Crippen LogP contribution in [0.15, 0.2) is 53.6 Å². The average Bonchev–Trinajstić information content (AvgIpc) is 2.51. The zero-order valence-electron chi connectivity index (χ0n) is 10.7. The molecule has 3 rings (SSSR count). The molecule has 2 heterocycles. The maximum absolute atomic E-state index is 12.0. The van der Waals surface area contributed by atoms with E-state index in [9.17, 15) is 4.79 Å². The number of rotatable bonds is 3. The predicted molar refractivity (Wildman–Crippen MR) is 77.2 cm³/mol. The fourth-order valence-electron chi connectivity index (χ4n) is 2.08. The lowest BCUT2D eigenvalue weighted by Gasteiger charge is -2.09. The van der Waals surface area contributed by atoms with Crippen LogP contribution in [-0.2, 0) is 6.54 Å². The molecule has 100 valence electrons. The van der Waals surface area contributed by atoms with Gasteiger partial charge in [0.1, 0.15) is 0 Å². The summed E-state index contributed by atoms with van der Waals surface area (Å²) in [5, 5.41) is 1.01. The Balaban J connectivity index is 2.05. The summed E-state index contributed by atoms with van der Waals surface area (Å²) in [5.41, 5.74) is 3.93. The molecule has 0 aliphatic heterocycles. The third-order valence-corrected chi connectivity index (χ3v) is 3.07. The summed E-state index contributed by atoms with van der Waals surface area (Å²) in [6, 6.07) is 11.1. The number of nitrogens with two attached hydrogens (primary N) is 1. The van der Waals surface area contributed by atoms with Gasteiger partial charge in [0.15, 0.2) is 5.82 Å². The van der Waals surface area contributed by atoms with Gasteiger partial charge in [-0.2, -0.15) is 0 Å². The number of nitrogens with one attached hydrogen (secondary N) is 1. The SMILES string of the molecule is NNc1cnc(Cn2c(=O)ccc3ccccc32)cn1. The molecule has 0 fully saturated rings. The zero-order chi connectivity index (χ0) is 13.9. The van der Waals surface area contributed by atoms with Crippen molar-refractivity contribution in [3.8, 4) is 0 Å². The van der Waals surface area contributed by atoms with Gasteiger partial charge in [-0.1, -0.05) is 18.2 Å². The summed E-state index contributed by atoms with van der Waals surface area (Å²) in [6.07, 6.45) is 3.13. The Morgan fingerprint density at radius 1 is 1.10 bits per heavy atom. The van der Waals surface area contributed by atoms with Gasteiger partial charge in [0.05, 0.1) is 30.1 Å². The summed E-state index contributed by atoms with van der Waals surface area (Å²) in [7, 11) is 0. The predicted octanol–water partition coefficient (Wildman–Crippen LogP) is 1.13. The van der Waals surface area contributed by atoms with Crippen molar-refractivity contribution < 1.29 is 0 Å². The highest BCUT2D eigenvalue weighted by Gasteiger charge is 2.04. The molecule has 0 saturated heterocycles. The molecule has 3 aromatic rings. The third-order valence-electron chi connectivity index (χ3n) is 3.07. The molecule has 3 N–H and O–H groups in total. The van der Waals surface area contributed by atoms with E-state index in [4.69, 9.17) is 5.84 Å². The Bertz CT molecular complexity index is 795. The van der Waals surface area contributed by atoms with Crippen LogP contribution in [0.2, 0.25) is 0 Å². The number of hydrogen-bond acceptors (Lipinski definition) is 5. The smallest absolute Gasteiger partial charge is 0.251 e. The Morgan fingerprint density at radius 3 is 2.70 bits per heavy atom. The first-order valence-electron chi connectivity index (χ1n) is 6.14. The maximum atomic E-state index is 12.0. The van der Waals surface area contributed by atoms with Crippen molar-refractivity contribution >= 4 is 16.7 Å². The van der Waals surface area contributed by atoms with E-state index in [1.54, 1.807) is 16.8 Å². The van der Waals surface area contributed by atoms with Gasteiger partial charge in [-0.3, -0.25) is 9.78 Å². The quantitative estimate of drug-likeness (QED) is 0.548. The van der Waals surface area contributed by atoms with Gasteiger partial charge in [-0.25, -0.2) is 10.8 Å². The first-order valence-corrected chi connectivity index (χ1v) is 6.14. The van der Waals surface area contributed by atoms with Gasteiger partial charge in [0.25, 0.3) is 5.56 Å². The number of fused-ring (bicyclic) bond motifs is 1. The van der Waals surface area contributed by atoms with Crippen LogP contribution >= 0.6 is 0 Å². The van der Waals surface area contributed by atoms with Crippen molar-refractivity contribution in [2.75, 3.05) is 5.43 Å². The molecular formula is C14H13N5O. The molecule has 2 aromatic heterocycles. The molecule has 6 nitrogen and oxygen atoms in total. The van der Waals surface area contributed by atoms with Crippen LogP contribution in [0, 0.1) is 0 Å². The molecule has 0 radical (unpaired) electrons. The minimum absolute atomic E-state index is 0.0634. The van der Waals surface area contributed by atoms with Crippen LogP contribution in [0.4, 0.5) is 5.82 Å². The second-order valence-corrected chi connectivity index (χ2v) is 4.35. The van der Waals surface area contributed by atoms with E-state index in [1.165, 1.54) is 6.20 Å². The van der Waals surface area contributed by atoms with Gasteiger partial charge in [-0.15, -0.1) is 0 Å². The Morgan fingerprint density at radius 2 is 1.95 bits per heavy atom. The molecule has 1 aromatic carbocycles. The van der Waals surface area contributed by atoms with Gasteiger partial charge >= 0.3 is 0 Å². The molecule has 0 unspecified atom stereocenters. The van der Waals surface area contributed by atoms with Crippen LogP contribution in [0.25, 0.3) is 10.9 Å². The fraction of sp³-hybridized carbons (Fsp3) is 0.0714. The Labute approximate surface area is 114 Å². The monoisotopic (exact) mass is 267 g/mol. The molecule has 0 spiro atoms. The summed E-state index contributed by atoms with van der Waals surface area (Å²) in [5.74, 6) is 5.73. The van der Waals surface area contributed by atoms with E-state index in [-0.39, 0.29) is 5.56 Å². The van der Waals surface area contributed by atoms with Crippen molar-refractivity contribution in [1.82, 2.24) is 14.5 Å². The standard InChI is InChI=1S/C14H13N5O/c15-18-13-8-16-11(7-17-13)9-19-12-4-2-1-3-10(12)5-6-14(19)20/h1-8H,9,15H2,(H,17,18). The van der Waals surface area contributed by atoms with Crippen LogP contribution in [0.5, 0.6) is 0 Å². The van der Waals surface area contributed by atoms with Gasteiger partial charge < -0.3 is 9.99 Å². The van der Waals surface area contributed by atoms with E-state index >= 15 is 0 Å². The number of benzene rings is 1. The van der Waals surface area contributed by atoms with E-state index in [0.29, 0.717) is 18.1 Å². The lowest BCUT2D eigenvalue weighted by Crippen LogP contribution is -2.20. The summed E-state index contributed by atoms with van der Waals surface area (Å²) >= 11 is 0. The molecule has 0 saturated carbocycles. The molecule has 20 heavy (non-hydrogen) atoms. The zero-order valence-corrected chi connectivity index (χ0v) is 10.7. The minimum Gasteiger partial charge on any atom is -0.307 e. The van der Waals surface area contributed by atoms with E-state index in [2.05, 4.69) is 15.4 Å². The molecular weight excluding hydrogens is 254 g/mol. The highest BCUT2D eigenvalue weighted by molar-refractivity contribution is 5.78. The number of nitrogen functional groups attached to an aromatic ring is 1. The number of hydrazine groups is 1. The van der Waals surface area contributed by atoms with Crippen molar-refractivity contribution in [3.63, 3.8) is 0 Å². The fourth-order valence-corrected chi connectivity index (χ4v) is 2.08. The summed E-state index contributed by atoms with van der Waals surface area (Å²) in [4.78, 5) is 20.4. The second-order valence-electron chi connectivity index (χ2n) is 4.35. The second kappa shape index (κ2) is 5.10. The number of pyridine rings is 1. The first-order chi connectivity index (χ1) is 9.78. The number of nitrogens with zero attached hydrogens (tertiary/aromatic N) is 3. The van der Waals surface area contributed by atoms with E-state index < -0.39 is 0 Å². The van der Waals surface area contributed by atoms with Gasteiger partial charge in [0.2, 0.25) is 0 Å². The van der Waals surface area contributed by atoms with Crippen molar-refractivity contribution in [3.05, 3.63) is 64.8 Å². The molecule has 0 amide bonds.